The Morgan fingerprint density at radius 3 is 2.50 bits per heavy atom. The predicted octanol–water partition coefficient (Wildman–Crippen LogP) is 0.660. The minimum absolute atomic E-state index is 0.142. The molecule has 0 spiro atoms. The van der Waals surface area contributed by atoms with Crippen molar-refractivity contribution in [2.24, 2.45) is 5.92 Å². The smallest absolute Gasteiger partial charge is 0.243 e. The first kappa shape index (κ1) is 13.3. The first-order chi connectivity index (χ1) is 8.41. The fourth-order valence-corrected chi connectivity index (χ4v) is 3.50. The van der Waals surface area contributed by atoms with Crippen LogP contribution < -0.4 is 5.73 Å². The zero-order valence-corrected chi connectivity index (χ0v) is 11.1. The lowest BCUT2D eigenvalue weighted by molar-refractivity contribution is 0.0605. The van der Waals surface area contributed by atoms with Crippen LogP contribution in [0.1, 0.15) is 13.3 Å². The van der Waals surface area contributed by atoms with Crippen molar-refractivity contribution in [3.05, 3.63) is 24.3 Å². The summed E-state index contributed by atoms with van der Waals surface area (Å²) in [5.74, 6) is 0.142. The summed E-state index contributed by atoms with van der Waals surface area (Å²) in [5, 5.41) is 9.78. The Morgan fingerprint density at radius 2 is 1.94 bits per heavy atom. The minimum Gasteiger partial charge on any atom is -0.399 e. The summed E-state index contributed by atoms with van der Waals surface area (Å²) in [6.45, 7) is 2.54. The molecule has 1 aliphatic heterocycles. The Kier molecular flexibility index (Phi) is 3.61. The van der Waals surface area contributed by atoms with Crippen LogP contribution in [-0.2, 0) is 10.0 Å². The number of anilines is 1. The number of hydrogen-bond acceptors (Lipinski definition) is 4. The van der Waals surface area contributed by atoms with Crippen LogP contribution >= 0.6 is 0 Å². The van der Waals surface area contributed by atoms with Gasteiger partial charge in [-0.25, -0.2) is 8.42 Å². The maximum atomic E-state index is 12.3. The molecule has 1 aliphatic rings. The molecule has 1 aromatic rings. The quantitative estimate of drug-likeness (QED) is 0.773. The normalized spacial score (nSPS) is 26.1. The van der Waals surface area contributed by atoms with Crippen LogP contribution in [0.5, 0.6) is 0 Å². The van der Waals surface area contributed by atoms with Gasteiger partial charge in [0.1, 0.15) is 0 Å². The maximum Gasteiger partial charge on any atom is 0.243 e. The molecular formula is C12H18N2O3S. The van der Waals surface area contributed by atoms with Gasteiger partial charge in [-0.15, -0.1) is 0 Å². The molecule has 2 unspecified atom stereocenters. The summed E-state index contributed by atoms with van der Waals surface area (Å²) in [5.41, 5.74) is 6.07. The van der Waals surface area contributed by atoms with E-state index in [4.69, 9.17) is 5.73 Å². The summed E-state index contributed by atoms with van der Waals surface area (Å²) in [7, 11) is -3.52. The third-order valence-electron chi connectivity index (χ3n) is 3.40. The third kappa shape index (κ3) is 2.50. The highest BCUT2D eigenvalue weighted by Gasteiger charge is 2.32. The summed E-state index contributed by atoms with van der Waals surface area (Å²) < 4.78 is 26.0. The van der Waals surface area contributed by atoms with Crippen molar-refractivity contribution < 1.29 is 13.5 Å². The van der Waals surface area contributed by atoms with E-state index in [0.717, 1.165) is 0 Å². The Hall–Kier alpha value is -1.11. The number of aliphatic hydroxyl groups excluding tert-OH is 1. The van der Waals surface area contributed by atoms with Gasteiger partial charge in [0, 0.05) is 18.8 Å². The van der Waals surface area contributed by atoms with Gasteiger partial charge in [0.15, 0.2) is 0 Å². The van der Waals surface area contributed by atoms with Crippen molar-refractivity contribution in [2.75, 3.05) is 18.8 Å². The largest absolute Gasteiger partial charge is 0.399 e. The molecule has 100 valence electrons. The number of benzene rings is 1. The van der Waals surface area contributed by atoms with E-state index in [0.29, 0.717) is 18.7 Å². The Labute approximate surface area is 107 Å². The van der Waals surface area contributed by atoms with E-state index in [-0.39, 0.29) is 17.4 Å². The van der Waals surface area contributed by atoms with Gasteiger partial charge < -0.3 is 10.8 Å². The first-order valence-corrected chi connectivity index (χ1v) is 7.39. The second-order valence-electron chi connectivity index (χ2n) is 4.77. The van der Waals surface area contributed by atoms with Crippen LogP contribution in [0.3, 0.4) is 0 Å². The summed E-state index contributed by atoms with van der Waals surface area (Å²) in [4.78, 5) is 0.221. The van der Waals surface area contributed by atoms with Crippen molar-refractivity contribution in [1.82, 2.24) is 4.31 Å². The van der Waals surface area contributed by atoms with Crippen LogP contribution in [0.25, 0.3) is 0 Å². The number of sulfonamides is 1. The molecule has 1 saturated heterocycles. The topological polar surface area (TPSA) is 83.6 Å². The number of aliphatic hydroxyl groups is 1. The van der Waals surface area contributed by atoms with Crippen molar-refractivity contribution in [1.29, 1.82) is 0 Å². The van der Waals surface area contributed by atoms with E-state index in [2.05, 4.69) is 0 Å². The van der Waals surface area contributed by atoms with Gasteiger partial charge in [-0.1, -0.05) is 6.92 Å². The molecule has 3 N–H and O–H groups in total. The molecule has 5 nitrogen and oxygen atoms in total. The molecule has 0 aromatic heterocycles. The fourth-order valence-electron chi connectivity index (χ4n) is 2.03. The maximum absolute atomic E-state index is 12.3. The zero-order chi connectivity index (χ0) is 13.3. The molecule has 0 amide bonds. The summed E-state index contributed by atoms with van der Waals surface area (Å²) in [6.07, 6.45) is 0.0809. The molecule has 1 aromatic carbocycles. The van der Waals surface area contributed by atoms with Crippen molar-refractivity contribution >= 4 is 15.7 Å². The highest BCUT2D eigenvalue weighted by molar-refractivity contribution is 7.89. The molecule has 0 bridgehead atoms. The zero-order valence-electron chi connectivity index (χ0n) is 10.3. The number of nitrogens with zero attached hydrogens (tertiary/aromatic N) is 1. The van der Waals surface area contributed by atoms with Gasteiger partial charge >= 0.3 is 0 Å². The number of hydrogen-bond donors (Lipinski definition) is 2. The van der Waals surface area contributed by atoms with Gasteiger partial charge in [-0.2, -0.15) is 4.31 Å². The lowest BCUT2D eigenvalue weighted by Crippen LogP contribution is -2.45. The number of nitrogen functional groups attached to an aromatic ring is 1. The standard InChI is InChI=1S/C12H18N2O3S/c1-9-6-7-14(8-12(9)15)18(16,17)11-4-2-10(13)3-5-11/h2-5,9,12,15H,6-8,13H2,1H3. The third-order valence-corrected chi connectivity index (χ3v) is 5.28. The second kappa shape index (κ2) is 4.87. The van der Waals surface area contributed by atoms with Crippen LogP contribution in [-0.4, -0.2) is 37.0 Å². The molecule has 0 saturated carbocycles. The number of rotatable bonds is 2. The van der Waals surface area contributed by atoms with E-state index in [1.165, 1.54) is 16.4 Å². The summed E-state index contributed by atoms with van der Waals surface area (Å²) >= 11 is 0. The SMILES string of the molecule is CC1CCN(S(=O)(=O)c2ccc(N)cc2)CC1O. The van der Waals surface area contributed by atoms with Gasteiger partial charge in [-0.05, 0) is 36.6 Å². The number of nitrogens with two attached hydrogens (primary N) is 1. The number of β-amino-alcohol motifs (C(OH)–C–C–N with tert-alkyl or cyclic N) is 1. The highest BCUT2D eigenvalue weighted by atomic mass is 32.2. The lowest BCUT2D eigenvalue weighted by atomic mass is 9.98. The van der Waals surface area contributed by atoms with Crippen molar-refractivity contribution in [2.45, 2.75) is 24.3 Å². The monoisotopic (exact) mass is 270 g/mol. The highest BCUT2D eigenvalue weighted by Crippen LogP contribution is 2.24. The van der Waals surface area contributed by atoms with Crippen LogP contribution in [0, 0.1) is 5.92 Å². The van der Waals surface area contributed by atoms with E-state index in [1.54, 1.807) is 12.1 Å². The van der Waals surface area contributed by atoms with Crippen LogP contribution in [0.15, 0.2) is 29.2 Å². The molecule has 1 heterocycles. The molecule has 18 heavy (non-hydrogen) atoms. The fraction of sp³-hybridized carbons (Fsp3) is 0.500. The van der Waals surface area contributed by atoms with Crippen LogP contribution in [0.2, 0.25) is 0 Å². The Balaban J connectivity index is 2.24. The second-order valence-corrected chi connectivity index (χ2v) is 6.70. The van der Waals surface area contributed by atoms with Crippen LogP contribution in [0.4, 0.5) is 5.69 Å². The van der Waals surface area contributed by atoms with Gasteiger partial charge in [0.25, 0.3) is 0 Å². The summed E-state index contributed by atoms with van der Waals surface area (Å²) in [6, 6.07) is 6.12. The van der Waals surface area contributed by atoms with E-state index in [1.807, 2.05) is 6.92 Å². The van der Waals surface area contributed by atoms with Crippen molar-refractivity contribution in [3.63, 3.8) is 0 Å². The molecular weight excluding hydrogens is 252 g/mol. The average Bonchev–Trinajstić information content (AvgIpc) is 2.33. The van der Waals surface area contributed by atoms with E-state index in [9.17, 15) is 13.5 Å². The predicted molar refractivity (Wildman–Crippen MR) is 69.4 cm³/mol. The van der Waals surface area contributed by atoms with E-state index < -0.39 is 16.1 Å². The Bertz CT molecular complexity index is 513. The average molecular weight is 270 g/mol. The molecule has 1 fully saturated rings. The van der Waals surface area contributed by atoms with E-state index >= 15 is 0 Å². The van der Waals surface area contributed by atoms with Gasteiger partial charge in [-0.3, -0.25) is 0 Å². The number of piperidine rings is 1. The first-order valence-electron chi connectivity index (χ1n) is 5.95. The molecule has 0 aliphatic carbocycles. The molecule has 0 radical (unpaired) electrons. The van der Waals surface area contributed by atoms with Crippen molar-refractivity contribution in [3.8, 4) is 0 Å². The molecule has 6 heteroatoms. The Morgan fingerprint density at radius 1 is 1.33 bits per heavy atom. The minimum atomic E-state index is -3.52. The van der Waals surface area contributed by atoms with Gasteiger partial charge in [0.2, 0.25) is 10.0 Å². The molecule has 2 rings (SSSR count). The molecule has 2 atom stereocenters. The van der Waals surface area contributed by atoms with Gasteiger partial charge in [0.05, 0.1) is 11.0 Å². The lowest BCUT2D eigenvalue weighted by Gasteiger charge is -2.33.